The van der Waals surface area contributed by atoms with Crippen LogP contribution in [0.4, 0.5) is 0 Å². The Balaban J connectivity index is 1.67. The lowest BCUT2D eigenvalue weighted by Gasteiger charge is -2.70. The van der Waals surface area contributed by atoms with Crippen molar-refractivity contribution in [2.45, 2.75) is 84.3 Å². The summed E-state index contributed by atoms with van der Waals surface area (Å²) in [4.78, 5) is 12.9. The first kappa shape index (κ1) is 23.5. The summed E-state index contributed by atoms with van der Waals surface area (Å²) in [7, 11) is 0. The van der Waals surface area contributed by atoms with Gasteiger partial charge in [-0.05, 0) is 42.9 Å². The van der Waals surface area contributed by atoms with Crippen molar-refractivity contribution in [3.63, 3.8) is 0 Å². The van der Waals surface area contributed by atoms with E-state index in [9.17, 15) is 24.4 Å². The summed E-state index contributed by atoms with van der Waals surface area (Å²) in [5, 5.41) is 38.3. The zero-order valence-corrected chi connectivity index (χ0v) is 20.8. The van der Waals surface area contributed by atoms with Gasteiger partial charge in [0.05, 0.1) is 45.6 Å². The summed E-state index contributed by atoms with van der Waals surface area (Å²) in [6.45, 7) is 10.8. The van der Waals surface area contributed by atoms with Crippen LogP contribution in [0, 0.1) is 46.3 Å². The molecule has 5 rings (SSSR count). The van der Waals surface area contributed by atoms with Gasteiger partial charge in [-0.15, -0.1) is 0 Å². The largest absolute Gasteiger partial charge is 0.411 e. The van der Waals surface area contributed by atoms with Gasteiger partial charge < -0.3 is 25.5 Å². The number of hydrogen-bond acceptors (Lipinski definition) is 7. The monoisotopic (exact) mass is 480 g/mol. The molecule has 2 saturated heterocycles. The first-order valence-corrected chi connectivity index (χ1v) is 12.9. The van der Waals surface area contributed by atoms with Gasteiger partial charge in [0.15, 0.2) is 0 Å². The Morgan fingerprint density at radius 1 is 1.15 bits per heavy atom. The van der Waals surface area contributed by atoms with Gasteiger partial charge in [0, 0.05) is 23.2 Å². The number of rotatable bonds is 0. The fourth-order valence-corrected chi connectivity index (χ4v) is 9.44. The van der Waals surface area contributed by atoms with Crippen LogP contribution < -0.4 is 5.32 Å². The van der Waals surface area contributed by atoms with Crippen LogP contribution in [0.25, 0.3) is 0 Å². The Kier molecular flexibility index (Phi) is 5.23. The first-order valence-electron chi connectivity index (χ1n) is 12.2. The fraction of sp³-hybridized carbons (Fsp3) is 0.875. The molecular weight excluding hydrogens is 444 g/mol. The van der Waals surface area contributed by atoms with Crippen LogP contribution in [0.5, 0.6) is 0 Å². The molecule has 9 heteroatoms. The van der Waals surface area contributed by atoms with Gasteiger partial charge in [-0.2, -0.15) is 0 Å². The van der Waals surface area contributed by atoms with Crippen LogP contribution in [-0.4, -0.2) is 60.1 Å². The highest BCUT2D eigenvalue weighted by atomic mass is 32.1. The minimum Gasteiger partial charge on any atom is -0.411 e. The molecule has 1 amide bonds. The molecule has 11 unspecified atom stereocenters. The number of carbonyl (C=O) groups excluding carboxylic acids is 1. The minimum atomic E-state index is -1.12. The second kappa shape index (κ2) is 7.35. The quantitative estimate of drug-likeness (QED) is 0.236. The molecule has 0 aromatic rings. The standard InChI is InChI=1S/C24H36N2O6S/c1-10-8-24-13(22(3,4)19(10)26-30)7-6-11(2)23(24,5)9-12-16(27)18(33-31)15-14(17(12)32-24)20(28)25-21(15)29/h10-17,20,27-28,30H,6-9H2,1-5H3,(H,25,29). The third-order valence-electron chi connectivity index (χ3n) is 10.5. The molecule has 3 saturated carbocycles. The molecule has 0 radical (unpaired) electrons. The summed E-state index contributed by atoms with van der Waals surface area (Å²) in [6.07, 6.45) is 0.538. The molecule has 5 fully saturated rings. The SMILES string of the molecule is CC1CC23OC4C(CC2(C)C(C)CCC3C(C)(C)C1=NO)C(O)C(=S=O)C1C(=O)NC(O)C14. The number of ether oxygens (including phenoxy) is 1. The van der Waals surface area contributed by atoms with E-state index in [1.165, 1.54) is 0 Å². The highest BCUT2D eigenvalue weighted by molar-refractivity contribution is 7.66. The Morgan fingerprint density at radius 2 is 1.85 bits per heavy atom. The third kappa shape index (κ3) is 2.76. The molecule has 4 N–H and O–H groups in total. The smallest absolute Gasteiger partial charge is 0.230 e. The van der Waals surface area contributed by atoms with Crippen molar-refractivity contribution in [3.8, 4) is 0 Å². The van der Waals surface area contributed by atoms with Crippen molar-refractivity contribution in [1.29, 1.82) is 0 Å². The van der Waals surface area contributed by atoms with Crippen LogP contribution in [0.3, 0.4) is 0 Å². The lowest BCUT2D eigenvalue weighted by Crippen LogP contribution is -2.74. The van der Waals surface area contributed by atoms with Gasteiger partial charge in [0.2, 0.25) is 5.91 Å². The van der Waals surface area contributed by atoms with Gasteiger partial charge in [-0.25, -0.2) is 4.21 Å². The number of amides is 1. The topological polar surface area (TPSA) is 128 Å². The van der Waals surface area contributed by atoms with E-state index in [0.717, 1.165) is 18.6 Å². The number of nitrogens with one attached hydrogen (secondary N) is 1. The Labute approximate surface area is 198 Å². The van der Waals surface area contributed by atoms with Crippen LogP contribution in [-0.2, 0) is 20.8 Å². The number of aliphatic hydroxyl groups is 2. The predicted octanol–water partition coefficient (Wildman–Crippen LogP) is 1.52. The number of aliphatic hydroxyl groups excluding tert-OH is 2. The number of hydrogen-bond donors (Lipinski definition) is 4. The van der Waals surface area contributed by atoms with Gasteiger partial charge in [-0.1, -0.05) is 39.8 Å². The summed E-state index contributed by atoms with van der Waals surface area (Å²) in [5.41, 5.74) is -0.436. The number of carbonyl (C=O) groups is 1. The second-order valence-electron chi connectivity index (χ2n) is 12.0. The highest BCUT2D eigenvalue weighted by Gasteiger charge is 2.72. The predicted molar refractivity (Wildman–Crippen MR) is 123 cm³/mol. The average molecular weight is 481 g/mol. The van der Waals surface area contributed by atoms with Crippen molar-refractivity contribution >= 4 is 27.7 Å². The summed E-state index contributed by atoms with van der Waals surface area (Å²) < 4.78 is 19.2. The van der Waals surface area contributed by atoms with Crippen molar-refractivity contribution < 1.29 is 29.2 Å². The molecule has 0 bridgehead atoms. The Hall–Kier alpha value is -1.29. The molecule has 184 valence electrons. The summed E-state index contributed by atoms with van der Waals surface area (Å²) in [6, 6.07) is 0. The zero-order chi connectivity index (χ0) is 24.1. The summed E-state index contributed by atoms with van der Waals surface area (Å²) >= 11 is 0.191. The van der Waals surface area contributed by atoms with Crippen molar-refractivity contribution in [2.24, 2.45) is 51.5 Å². The minimum absolute atomic E-state index is 0.000634. The van der Waals surface area contributed by atoms with Gasteiger partial charge in [-0.3, -0.25) is 4.79 Å². The number of fused-ring (bicyclic) bond motifs is 3. The Morgan fingerprint density at radius 3 is 2.48 bits per heavy atom. The molecular formula is C24H36N2O6S. The van der Waals surface area contributed by atoms with Crippen LogP contribution in [0.15, 0.2) is 5.16 Å². The van der Waals surface area contributed by atoms with Crippen molar-refractivity contribution in [2.75, 3.05) is 0 Å². The van der Waals surface area contributed by atoms with Crippen LogP contribution >= 0.6 is 0 Å². The van der Waals surface area contributed by atoms with E-state index in [1.54, 1.807) is 0 Å². The zero-order valence-electron chi connectivity index (χ0n) is 19.9. The van der Waals surface area contributed by atoms with Gasteiger partial charge in [0.25, 0.3) is 0 Å². The number of nitrogens with zero attached hydrogens (tertiary/aromatic N) is 1. The maximum atomic E-state index is 12.7. The van der Waals surface area contributed by atoms with Crippen molar-refractivity contribution in [3.05, 3.63) is 0 Å². The van der Waals surface area contributed by atoms with E-state index in [0.29, 0.717) is 18.8 Å². The molecule has 3 aliphatic carbocycles. The van der Waals surface area contributed by atoms with E-state index in [1.807, 2.05) is 0 Å². The highest BCUT2D eigenvalue weighted by Crippen LogP contribution is 2.68. The summed E-state index contributed by atoms with van der Waals surface area (Å²) in [5.74, 6) is -1.84. The Bertz CT molecular complexity index is 963. The second-order valence-corrected chi connectivity index (χ2v) is 12.7. The third-order valence-corrected chi connectivity index (χ3v) is 11.1. The lowest BCUT2D eigenvalue weighted by atomic mass is 9.41. The molecule has 1 spiro atoms. The average Bonchev–Trinajstić information content (AvgIpc) is 3.02. The molecule has 2 aliphatic heterocycles. The van der Waals surface area contributed by atoms with E-state index in [-0.39, 0.29) is 39.3 Å². The first-order chi connectivity index (χ1) is 15.4. The molecule has 11 atom stereocenters. The van der Waals surface area contributed by atoms with Crippen LogP contribution in [0.1, 0.15) is 60.3 Å². The van der Waals surface area contributed by atoms with E-state index < -0.39 is 47.2 Å². The lowest BCUT2D eigenvalue weighted by molar-refractivity contribution is -0.318. The molecule has 8 nitrogen and oxygen atoms in total. The molecule has 0 aromatic heterocycles. The molecule has 0 aromatic carbocycles. The van der Waals surface area contributed by atoms with Gasteiger partial charge in [0.1, 0.15) is 6.23 Å². The maximum Gasteiger partial charge on any atom is 0.230 e. The maximum absolute atomic E-state index is 12.7. The van der Waals surface area contributed by atoms with E-state index >= 15 is 0 Å². The van der Waals surface area contributed by atoms with Crippen LogP contribution in [0.2, 0.25) is 0 Å². The van der Waals surface area contributed by atoms with E-state index in [2.05, 4.69) is 45.1 Å². The van der Waals surface area contributed by atoms with E-state index in [4.69, 9.17) is 4.74 Å². The van der Waals surface area contributed by atoms with Crippen molar-refractivity contribution in [1.82, 2.24) is 5.32 Å². The van der Waals surface area contributed by atoms with Gasteiger partial charge >= 0.3 is 0 Å². The normalized spacial score (nSPS) is 54.0. The molecule has 5 aliphatic rings. The molecule has 33 heavy (non-hydrogen) atoms. The fourth-order valence-electron chi connectivity index (χ4n) is 8.80. The molecule has 2 heterocycles. The number of oxime groups is 1.